The minimum absolute atomic E-state index is 0.467. The van der Waals surface area contributed by atoms with Crippen molar-refractivity contribution < 1.29 is 4.79 Å². The maximum absolute atomic E-state index is 10.5. The van der Waals surface area contributed by atoms with Gasteiger partial charge in [0.15, 0.2) is 0 Å². The highest BCUT2D eigenvalue weighted by atomic mass is 35.5. The van der Waals surface area contributed by atoms with Gasteiger partial charge in [0.25, 0.3) is 0 Å². The maximum atomic E-state index is 10.5. The number of carbonyl (C=O) groups excluding carboxylic acids is 1. The Morgan fingerprint density at radius 2 is 1.80 bits per heavy atom. The lowest BCUT2D eigenvalue weighted by molar-refractivity contribution is 0.232. The Morgan fingerprint density at radius 1 is 1.40 bits per heavy atom. The fourth-order valence-electron chi connectivity index (χ4n) is 0.530. The van der Waals surface area contributed by atoms with Crippen LogP contribution >= 0.6 is 11.6 Å². The van der Waals surface area contributed by atoms with Crippen molar-refractivity contribution in [3.8, 4) is 0 Å². The van der Waals surface area contributed by atoms with Crippen molar-refractivity contribution in [3.63, 3.8) is 0 Å². The lowest BCUT2D eigenvalue weighted by Gasteiger charge is -2.13. The van der Waals surface area contributed by atoms with Gasteiger partial charge in [-0.25, -0.2) is 0 Å². The molecule has 0 aliphatic carbocycles. The molecule has 0 saturated heterocycles. The van der Waals surface area contributed by atoms with Crippen LogP contribution < -0.4 is 0 Å². The van der Waals surface area contributed by atoms with Crippen molar-refractivity contribution in [3.05, 3.63) is 25.3 Å². The molecule has 0 radical (unpaired) electrons. The molecular weight excluding hydrogens is 150 g/mol. The van der Waals surface area contributed by atoms with Crippen molar-refractivity contribution in [2.45, 2.75) is 0 Å². The quantitative estimate of drug-likeness (QED) is 0.349. The van der Waals surface area contributed by atoms with Gasteiger partial charge in [-0.1, -0.05) is 12.2 Å². The number of amides is 1. The Bertz CT molecular complexity index is 135. The summed E-state index contributed by atoms with van der Waals surface area (Å²) in [6, 6.07) is 0. The fraction of sp³-hybridized carbons (Fsp3) is 0.286. The first-order chi connectivity index (χ1) is 4.72. The van der Waals surface area contributed by atoms with E-state index < -0.39 is 5.37 Å². The summed E-state index contributed by atoms with van der Waals surface area (Å²) in [5.41, 5.74) is 0. The van der Waals surface area contributed by atoms with E-state index in [2.05, 4.69) is 13.2 Å². The van der Waals surface area contributed by atoms with E-state index in [0.717, 1.165) is 0 Å². The summed E-state index contributed by atoms with van der Waals surface area (Å²) in [6.45, 7) is 7.89. The molecule has 10 heavy (non-hydrogen) atoms. The van der Waals surface area contributed by atoms with Crippen LogP contribution in [0.25, 0.3) is 0 Å². The third-order valence-corrected chi connectivity index (χ3v) is 1.19. The standard InChI is InChI=1S/C7H10ClNO/c1-3-5-9(6-4-2)7(8)10/h3-4H,1-2,5-6H2. The Kier molecular flexibility index (Phi) is 4.67. The number of halogens is 1. The molecule has 0 bridgehead atoms. The maximum Gasteiger partial charge on any atom is 0.316 e. The molecule has 0 N–H and O–H groups in total. The molecule has 0 spiro atoms. The summed E-state index contributed by atoms with van der Waals surface area (Å²) in [5.74, 6) is 0. The van der Waals surface area contributed by atoms with E-state index in [4.69, 9.17) is 11.6 Å². The Balaban J connectivity index is 3.83. The van der Waals surface area contributed by atoms with Gasteiger partial charge < -0.3 is 4.90 Å². The van der Waals surface area contributed by atoms with E-state index in [9.17, 15) is 4.79 Å². The number of hydrogen-bond donors (Lipinski definition) is 0. The van der Waals surface area contributed by atoms with E-state index in [1.165, 1.54) is 4.90 Å². The van der Waals surface area contributed by atoms with Crippen LogP contribution in [-0.2, 0) is 0 Å². The van der Waals surface area contributed by atoms with Crippen molar-refractivity contribution in [2.24, 2.45) is 0 Å². The predicted octanol–water partition coefficient (Wildman–Crippen LogP) is 2.02. The van der Waals surface area contributed by atoms with Crippen molar-refractivity contribution in [1.82, 2.24) is 4.90 Å². The van der Waals surface area contributed by atoms with Gasteiger partial charge in [0.1, 0.15) is 0 Å². The van der Waals surface area contributed by atoms with Gasteiger partial charge in [-0.15, -0.1) is 13.2 Å². The zero-order chi connectivity index (χ0) is 7.98. The molecule has 0 unspecified atom stereocenters. The molecule has 0 aliphatic rings. The second kappa shape index (κ2) is 5.06. The molecule has 0 atom stereocenters. The lowest BCUT2D eigenvalue weighted by atomic mass is 10.5. The molecule has 0 aromatic carbocycles. The number of hydrogen-bond acceptors (Lipinski definition) is 1. The van der Waals surface area contributed by atoms with Gasteiger partial charge in [-0.2, -0.15) is 0 Å². The Hall–Kier alpha value is -0.760. The second-order valence-corrected chi connectivity index (χ2v) is 2.06. The smallest absolute Gasteiger partial charge is 0.316 e. The number of nitrogens with zero attached hydrogens (tertiary/aromatic N) is 1. The van der Waals surface area contributed by atoms with E-state index in [1.807, 2.05) is 0 Å². The first kappa shape index (κ1) is 9.24. The normalized spacial score (nSPS) is 8.50. The van der Waals surface area contributed by atoms with Gasteiger partial charge >= 0.3 is 5.37 Å². The monoisotopic (exact) mass is 159 g/mol. The van der Waals surface area contributed by atoms with E-state index in [1.54, 1.807) is 12.2 Å². The van der Waals surface area contributed by atoms with E-state index in [0.29, 0.717) is 13.1 Å². The summed E-state index contributed by atoms with van der Waals surface area (Å²) in [7, 11) is 0. The zero-order valence-electron chi connectivity index (χ0n) is 5.72. The van der Waals surface area contributed by atoms with Crippen LogP contribution in [0.4, 0.5) is 4.79 Å². The average Bonchev–Trinajstić information content (AvgIpc) is 1.87. The van der Waals surface area contributed by atoms with Gasteiger partial charge in [-0.3, -0.25) is 4.79 Å². The minimum atomic E-state index is -0.472. The molecule has 3 heteroatoms. The highest BCUT2D eigenvalue weighted by Crippen LogP contribution is 1.95. The molecule has 0 aromatic rings. The molecule has 0 fully saturated rings. The zero-order valence-corrected chi connectivity index (χ0v) is 6.47. The van der Waals surface area contributed by atoms with Gasteiger partial charge in [-0.05, 0) is 11.6 Å². The molecule has 0 aliphatic heterocycles. The topological polar surface area (TPSA) is 20.3 Å². The Morgan fingerprint density at radius 3 is 2.00 bits per heavy atom. The molecule has 1 amide bonds. The summed E-state index contributed by atoms with van der Waals surface area (Å²) in [5, 5.41) is -0.472. The number of rotatable bonds is 4. The Labute approximate surface area is 65.8 Å². The third-order valence-electron chi connectivity index (χ3n) is 0.948. The predicted molar refractivity (Wildman–Crippen MR) is 43.2 cm³/mol. The highest BCUT2D eigenvalue weighted by Gasteiger charge is 2.04. The van der Waals surface area contributed by atoms with Crippen molar-refractivity contribution in [1.29, 1.82) is 0 Å². The largest absolute Gasteiger partial charge is 0.322 e. The molecule has 0 saturated carbocycles. The molecule has 0 aromatic heterocycles. The third kappa shape index (κ3) is 3.30. The van der Waals surface area contributed by atoms with Crippen LogP contribution in [-0.4, -0.2) is 23.4 Å². The van der Waals surface area contributed by atoms with Crippen LogP contribution in [0.15, 0.2) is 25.3 Å². The van der Waals surface area contributed by atoms with Crippen molar-refractivity contribution >= 4 is 17.0 Å². The average molecular weight is 160 g/mol. The second-order valence-electron chi connectivity index (χ2n) is 1.74. The molecule has 2 nitrogen and oxygen atoms in total. The van der Waals surface area contributed by atoms with Crippen LogP contribution in [0.5, 0.6) is 0 Å². The first-order valence-corrected chi connectivity index (χ1v) is 3.26. The van der Waals surface area contributed by atoms with Gasteiger partial charge in [0.05, 0.1) is 0 Å². The summed E-state index contributed by atoms with van der Waals surface area (Å²) < 4.78 is 0. The number of carbonyl (C=O) groups is 1. The van der Waals surface area contributed by atoms with Crippen molar-refractivity contribution in [2.75, 3.05) is 13.1 Å². The van der Waals surface area contributed by atoms with Crippen LogP contribution in [0, 0.1) is 0 Å². The van der Waals surface area contributed by atoms with E-state index >= 15 is 0 Å². The highest BCUT2D eigenvalue weighted by molar-refractivity contribution is 6.62. The first-order valence-electron chi connectivity index (χ1n) is 2.88. The molecule has 56 valence electrons. The summed E-state index contributed by atoms with van der Waals surface area (Å²) in [4.78, 5) is 11.9. The summed E-state index contributed by atoms with van der Waals surface area (Å²) >= 11 is 5.19. The van der Waals surface area contributed by atoms with Crippen LogP contribution in [0.1, 0.15) is 0 Å². The van der Waals surface area contributed by atoms with Gasteiger partial charge in [0.2, 0.25) is 0 Å². The molecule has 0 heterocycles. The fourth-order valence-corrected chi connectivity index (χ4v) is 0.668. The molecular formula is C7H10ClNO. The SMILES string of the molecule is C=CCN(CC=C)C(=O)Cl. The summed E-state index contributed by atoms with van der Waals surface area (Å²) in [6.07, 6.45) is 3.23. The van der Waals surface area contributed by atoms with Crippen LogP contribution in [0.2, 0.25) is 0 Å². The minimum Gasteiger partial charge on any atom is -0.322 e. The lowest BCUT2D eigenvalue weighted by Crippen LogP contribution is -2.26. The van der Waals surface area contributed by atoms with Gasteiger partial charge in [0, 0.05) is 13.1 Å². The van der Waals surface area contributed by atoms with Crippen LogP contribution in [0.3, 0.4) is 0 Å². The molecule has 0 rings (SSSR count). The van der Waals surface area contributed by atoms with E-state index in [-0.39, 0.29) is 0 Å².